The first-order valence-corrected chi connectivity index (χ1v) is 9.38. The van der Waals surface area contributed by atoms with Gasteiger partial charge in [-0.15, -0.1) is 0 Å². The summed E-state index contributed by atoms with van der Waals surface area (Å²) in [6.45, 7) is 6.01. The molecule has 1 aliphatic carbocycles. The predicted molar refractivity (Wildman–Crippen MR) is 100 cm³/mol. The second kappa shape index (κ2) is 7.04. The van der Waals surface area contributed by atoms with Gasteiger partial charge in [0.2, 0.25) is 0 Å². The number of rotatable bonds is 3. The van der Waals surface area contributed by atoms with Gasteiger partial charge in [0, 0.05) is 25.3 Å². The van der Waals surface area contributed by atoms with Gasteiger partial charge in [-0.3, -0.25) is 4.79 Å². The Balaban J connectivity index is 1.52. The average Bonchev–Trinajstić information content (AvgIpc) is 3.09. The van der Waals surface area contributed by atoms with E-state index in [4.69, 9.17) is 4.74 Å². The van der Waals surface area contributed by atoms with Crippen molar-refractivity contribution in [1.82, 2.24) is 4.90 Å². The molecule has 2 heterocycles. The third-order valence-corrected chi connectivity index (χ3v) is 5.53. The number of hydrogen-bond acceptors (Lipinski definition) is 3. The molecule has 1 saturated heterocycles. The van der Waals surface area contributed by atoms with Crippen molar-refractivity contribution in [3.05, 3.63) is 47.2 Å². The molecule has 4 rings (SSSR count). The van der Waals surface area contributed by atoms with Gasteiger partial charge in [-0.25, -0.2) is 0 Å². The number of ether oxygens (including phenoxy) is 1. The lowest BCUT2D eigenvalue weighted by molar-refractivity contribution is -0.117. The Morgan fingerprint density at radius 3 is 2.44 bits per heavy atom. The number of morpholine rings is 1. The summed E-state index contributed by atoms with van der Waals surface area (Å²) in [5, 5.41) is 0. The van der Waals surface area contributed by atoms with Crippen molar-refractivity contribution in [3.8, 4) is 0 Å². The molecule has 0 aromatic heterocycles. The van der Waals surface area contributed by atoms with E-state index in [2.05, 4.69) is 42.2 Å². The van der Waals surface area contributed by atoms with Gasteiger partial charge in [-0.05, 0) is 55.9 Å². The van der Waals surface area contributed by atoms with Crippen LogP contribution < -0.4 is 4.90 Å². The minimum absolute atomic E-state index is 0.122. The van der Waals surface area contributed by atoms with Crippen LogP contribution in [0.3, 0.4) is 0 Å². The standard InChI is InChI=1S/C21H26N2O2/c1-16-4-2-5-19(16)17-7-9-18(10-8-17)23-11-3-6-20(21(23)24)22-12-14-25-15-13-22/h6-10H,2-5,11-15H2,1H3. The van der Waals surface area contributed by atoms with Crippen molar-refractivity contribution >= 4 is 17.2 Å². The summed E-state index contributed by atoms with van der Waals surface area (Å²) in [7, 11) is 0. The molecule has 0 spiro atoms. The summed E-state index contributed by atoms with van der Waals surface area (Å²) in [6.07, 6.45) is 6.66. The van der Waals surface area contributed by atoms with Crippen molar-refractivity contribution in [1.29, 1.82) is 0 Å². The molecule has 2 aliphatic heterocycles. The second-order valence-corrected chi connectivity index (χ2v) is 7.09. The number of benzene rings is 1. The smallest absolute Gasteiger partial charge is 0.274 e. The third-order valence-electron chi connectivity index (χ3n) is 5.53. The topological polar surface area (TPSA) is 32.8 Å². The van der Waals surface area contributed by atoms with Crippen molar-refractivity contribution in [2.45, 2.75) is 32.6 Å². The summed E-state index contributed by atoms with van der Waals surface area (Å²) in [6, 6.07) is 8.57. The molecule has 25 heavy (non-hydrogen) atoms. The minimum atomic E-state index is 0.122. The molecule has 3 aliphatic rings. The maximum absolute atomic E-state index is 13.0. The van der Waals surface area contributed by atoms with E-state index in [9.17, 15) is 4.79 Å². The number of amides is 1. The highest BCUT2D eigenvalue weighted by Gasteiger charge is 2.28. The van der Waals surface area contributed by atoms with E-state index in [0.29, 0.717) is 13.2 Å². The predicted octanol–water partition coefficient (Wildman–Crippen LogP) is 3.60. The molecule has 0 radical (unpaired) electrons. The molecule has 1 aromatic rings. The largest absolute Gasteiger partial charge is 0.378 e. The van der Waals surface area contributed by atoms with Crippen LogP contribution in [-0.4, -0.2) is 43.7 Å². The Morgan fingerprint density at radius 1 is 1.00 bits per heavy atom. The highest BCUT2D eigenvalue weighted by Crippen LogP contribution is 2.34. The molecule has 0 N–H and O–H groups in total. The lowest BCUT2D eigenvalue weighted by Crippen LogP contribution is -2.45. The molecule has 1 aromatic carbocycles. The Bertz CT molecular complexity index is 712. The zero-order valence-corrected chi connectivity index (χ0v) is 15.0. The summed E-state index contributed by atoms with van der Waals surface area (Å²) in [4.78, 5) is 17.1. The van der Waals surface area contributed by atoms with Crippen molar-refractivity contribution in [3.63, 3.8) is 0 Å². The zero-order valence-electron chi connectivity index (χ0n) is 15.0. The number of hydrogen-bond donors (Lipinski definition) is 0. The lowest BCUT2D eigenvalue weighted by Gasteiger charge is -2.35. The van der Waals surface area contributed by atoms with Gasteiger partial charge in [-0.2, -0.15) is 0 Å². The number of allylic oxidation sites excluding steroid dienone is 2. The lowest BCUT2D eigenvalue weighted by atomic mass is 10.0. The maximum Gasteiger partial charge on any atom is 0.274 e. The van der Waals surface area contributed by atoms with Crippen molar-refractivity contribution in [2.75, 3.05) is 37.7 Å². The maximum atomic E-state index is 13.0. The Morgan fingerprint density at radius 2 is 1.76 bits per heavy atom. The molecule has 4 heteroatoms. The Kier molecular flexibility index (Phi) is 4.62. The van der Waals surface area contributed by atoms with E-state index >= 15 is 0 Å². The van der Waals surface area contributed by atoms with E-state index < -0.39 is 0 Å². The van der Waals surface area contributed by atoms with E-state index in [0.717, 1.165) is 37.4 Å². The van der Waals surface area contributed by atoms with Gasteiger partial charge < -0.3 is 14.5 Å². The minimum Gasteiger partial charge on any atom is -0.378 e. The fourth-order valence-electron chi connectivity index (χ4n) is 4.10. The molecular weight excluding hydrogens is 312 g/mol. The van der Waals surface area contributed by atoms with Crippen LogP contribution in [0, 0.1) is 0 Å². The zero-order chi connectivity index (χ0) is 17.2. The molecular formula is C21H26N2O2. The van der Waals surface area contributed by atoms with Crippen LogP contribution in [0.1, 0.15) is 38.2 Å². The monoisotopic (exact) mass is 338 g/mol. The van der Waals surface area contributed by atoms with Gasteiger partial charge in [-0.1, -0.05) is 23.8 Å². The first-order valence-electron chi connectivity index (χ1n) is 9.38. The van der Waals surface area contributed by atoms with Crippen LogP contribution in [0.5, 0.6) is 0 Å². The van der Waals surface area contributed by atoms with Crippen LogP contribution in [0.4, 0.5) is 5.69 Å². The normalized spacial score (nSPS) is 21.8. The van der Waals surface area contributed by atoms with E-state index in [1.54, 1.807) is 0 Å². The number of carbonyl (C=O) groups is 1. The van der Waals surface area contributed by atoms with Crippen LogP contribution >= 0.6 is 0 Å². The van der Waals surface area contributed by atoms with Crippen LogP contribution in [-0.2, 0) is 9.53 Å². The van der Waals surface area contributed by atoms with Gasteiger partial charge in [0.1, 0.15) is 0 Å². The number of nitrogens with zero attached hydrogens (tertiary/aromatic N) is 2. The second-order valence-electron chi connectivity index (χ2n) is 7.09. The summed E-state index contributed by atoms with van der Waals surface area (Å²) >= 11 is 0. The first kappa shape index (κ1) is 16.4. The van der Waals surface area contributed by atoms with E-state index in [1.165, 1.54) is 36.0 Å². The van der Waals surface area contributed by atoms with Crippen molar-refractivity contribution in [2.24, 2.45) is 0 Å². The molecule has 4 nitrogen and oxygen atoms in total. The summed E-state index contributed by atoms with van der Waals surface area (Å²) < 4.78 is 5.41. The Hall–Kier alpha value is -2.07. The number of carbonyl (C=O) groups excluding carboxylic acids is 1. The molecule has 0 atom stereocenters. The fraction of sp³-hybridized carbons (Fsp3) is 0.476. The highest BCUT2D eigenvalue weighted by molar-refractivity contribution is 6.06. The first-order chi connectivity index (χ1) is 12.2. The van der Waals surface area contributed by atoms with Gasteiger partial charge in [0.15, 0.2) is 0 Å². The average molecular weight is 338 g/mol. The van der Waals surface area contributed by atoms with Crippen LogP contribution in [0.25, 0.3) is 5.57 Å². The number of anilines is 1. The molecule has 0 saturated carbocycles. The van der Waals surface area contributed by atoms with E-state index in [-0.39, 0.29) is 5.91 Å². The summed E-state index contributed by atoms with van der Waals surface area (Å²) in [5.74, 6) is 0.122. The quantitative estimate of drug-likeness (QED) is 0.844. The van der Waals surface area contributed by atoms with Gasteiger partial charge in [0.25, 0.3) is 5.91 Å². The van der Waals surface area contributed by atoms with Crippen LogP contribution in [0.15, 0.2) is 41.6 Å². The van der Waals surface area contributed by atoms with Gasteiger partial charge in [0.05, 0.1) is 18.9 Å². The van der Waals surface area contributed by atoms with E-state index in [1.807, 2.05) is 4.90 Å². The van der Waals surface area contributed by atoms with Crippen molar-refractivity contribution < 1.29 is 9.53 Å². The molecule has 1 amide bonds. The Labute approximate surface area is 149 Å². The molecule has 0 bridgehead atoms. The summed E-state index contributed by atoms with van der Waals surface area (Å²) in [5.41, 5.74) is 6.16. The molecule has 132 valence electrons. The molecule has 1 fully saturated rings. The molecule has 0 unspecified atom stereocenters. The SMILES string of the molecule is CC1=C(c2ccc(N3CCC=C(N4CCOCC4)C3=O)cc2)CCC1. The highest BCUT2D eigenvalue weighted by atomic mass is 16.5. The van der Waals surface area contributed by atoms with Crippen LogP contribution in [0.2, 0.25) is 0 Å². The third kappa shape index (κ3) is 3.23. The van der Waals surface area contributed by atoms with Gasteiger partial charge >= 0.3 is 0 Å². The fourth-order valence-corrected chi connectivity index (χ4v) is 4.10.